The van der Waals surface area contributed by atoms with Gasteiger partial charge in [-0.1, -0.05) is 30.3 Å². The van der Waals surface area contributed by atoms with Gasteiger partial charge in [0, 0.05) is 26.7 Å². The molecule has 0 unspecified atom stereocenters. The molecule has 0 saturated carbocycles. The molecule has 2 nitrogen and oxygen atoms in total. The number of anilines is 1. The van der Waals surface area contributed by atoms with Crippen LogP contribution in [0.3, 0.4) is 0 Å². The molecule has 0 atom stereocenters. The normalized spacial score (nSPS) is 10.7. The van der Waals surface area contributed by atoms with Gasteiger partial charge in [0.2, 0.25) is 0 Å². The highest BCUT2D eigenvalue weighted by Gasteiger charge is 2.04. The third-order valence-electron chi connectivity index (χ3n) is 2.81. The van der Waals surface area contributed by atoms with E-state index in [1.165, 1.54) is 0 Å². The average molecular weight is 253 g/mol. The molecule has 0 bridgehead atoms. The summed E-state index contributed by atoms with van der Waals surface area (Å²) in [6.45, 7) is 0. The zero-order valence-electron chi connectivity index (χ0n) is 9.59. The third kappa shape index (κ3) is 1.89. The lowest BCUT2D eigenvalue weighted by atomic mass is 10.1. The van der Waals surface area contributed by atoms with Crippen LogP contribution in [0.2, 0.25) is 0 Å². The van der Waals surface area contributed by atoms with Gasteiger partial charge in [-0.2, -0.15) is 0 Å². The Hall–Kier alpha value is -2.13. The van der Waals surface area contributed by atoms with E-state index in [0.717, 1.165) is 15.1 Å². The van der Waals surface area contributed by atoms with E-state index in [-0.39, 0.29) is 5.43 Å². The molecule has 0 spiro atoms. The quantitative estimate of drug-likeness (QED) is 0.674. The molecule has 3 rings (SSSR count). The van der Waals surface area contributed by atoms with Gasteiger partial charge in [0.15, 0.2) is 5.43 Å². The van der Waals surface area contributed by atoms with E-state index >= 15 is 0 Å². The second-order valence-electron chi connectivity index (χ2n) is 4.10. The maximum absolute atomic E-state index is 12.1. The van der Waals surface area contributed by atoms with E-state index in [9.17, 15) is 4.79 Å². The van der Waals surface area contributed by atoms with Crippen molar-refractivity contribution >= 4 is 27.1 Å². The van der Waals surface area contributed by atoms with Crippen molar-refractivity contribution in [1.29, 1.82) is 0 Å². The predicted octanol–water partition coefficient (Wildman–Crippen LogP) is 3.51. The molecular formula is C15H11NOS. The lowest BCUT2D eigenvalue weighted by Gasteiger charge is -2.03. The van der Waals surface area contributed by atoms with E-state index in [1.54, 1.807) is 23.5 Å². The largest absolute Gasteiger partial charge is 0.399 e. The van der Waals surface area contributed by atoms with Crippen molar-refractivity contribution in [2.45, 2.75) is 0 Å². The fourth-order valence-corrected chi connectivity index (χ4v) is 2.98. The van der Waals surface area contributed by atoms with Crippen molar-refractivity contribution in [1.82, 2.24) is 0 Å². The van der Waals surface area contributed by atoms with Crippen LogP contribution in [0.5, 0.6) is 0 Å². The van der Waals surface area contributed by atoms with E-state index in [0.29, 0.717) is 11.1 Å². The predicted molar refractivity (Wildman–Crippen MR) is 77.9 cm³/mol. The molecule has 88 valence electrons. The minimum atomic E-state index is 0.0231. The first-order chi connectivity index (χ1) is 8.74. The molecule has 1 aromatic heterocycles. The molecule has 1 heterocycles. The van der Waals surface area contributed by atoms with E-state index < -0.39 is 0 Å². The van der Waals surface area contributed by atoms with Crippen LogP contribution in [0.25, 0.3) is 20.5 Å². The van der Waals surface area contributed by atoms with Gasteiger partial charge in [-0.15, -0.1) is 11.3 Å². The Kier molecular flexibility index (Phi) is 2.61. The van der Waals surface area contributed by atoms with Crippen LogP contribution < -0.4 is 11.2 Å². The first-order valence-electron chi connectivity index (χ1n) is 5.63. The number of nitrogens with two attached hydrogens (primary N) is 1. The van der Waals surface area contributed by atoms with E-state index in [4.69, 9.17) is 5.73 Å². The maximum atomic E-state index is 12.1. The monoisotopic (exact) mass is 253 g/mol. The molecule has 3 aromatic rings. The first-order valence-corrected chi connectivity index (χ1v) is 6.44. The van der Waals surface area contributed by atoms with Crippen molar-refractivity contribution < 1.29 is 0 Å². The molecule has 0 saturated heterocycles. The molecule has 18 heavy (non-hydrogen) atoms. The summed E-state index contributed by atoms with van der Waals surface area (Å²) in [5.41, 5.74) is 7.42. The molecule has 0 radical (unpaired) electrons. The fourth-order valence-electron chi connectivity index (χ4n) is 1.92. The smallest absolute Gasteiger partial charge is 0.188 e. The molecule has 0 aliphatic heterocycles. The van der Waals surface area contributed by atoms with Crippen LogP contribution >= 0.6 is 11.3 Å². The second kappa shape index (κ2) is 4.27. The summed E-state index contributed by atoms with van der Waals surface area (Å²) in [5.74, 6) is 0. The number of hydrogen-bond donors (Lipinski definition) is 1. The Labute approximate surface area is 108 Å². The lowest BCUT2D eigenvalue weighted by molar-refractivity contribution is 1.66. The lowest BCUT2D eigenvalue weighted by Crippen LogP contribution is -1.99. The minimum absolute atomic E-state index is 0.0231. The van der Waals surface area contributed by atoms with Gasteiger partial charge in [-0.3, -0.25) is 4.79 Å². The number of fused-ring (bicyclic) bond motifs is 1. The van der Waals surface area contributed by atoms with Crippen molar-refractivity contribution in [2.75, 3.05) is 5.73 Å². The number of benzene rings is 2. The topological polar surface area (TPSA) is 43.1 Å². The Morgan fingerprint density at radius 3 is 2.50 bits per heavy atom. The summed E-state index contributed by atoms with van der Waals surface area (Å²) in [6, 6.07) is 17.1. The molecule has 0 aliphatic carbocycles. The first kappa shape index (κ1) is 11.0. The van der Waals surface area contributed by atoms with Crippen LogP contribution in [-0.2, 0) is 0 Å². The van der Waals surface area contributed by atoms with Crippen LogP contribution in [0.15, 0.2) is 59.4 Å². The van der Waals surface area contributed by atoms with Gasteiger partial charge < -0.3 is 5.73 Å². The van der Waals surface area contributed by atoms with Crippen LogP contribution in [-0.4, -0.2) is 0 Å². The Morgan fingerprint density at radius 2 is 1.72 bits per heavy atom. The molecule has 3 heteroatoms. The highest BCUT2D eigenvalue weighted by molar-refractivity contribution is 7.21. The van der Waals surface area contributed by atoms with Gasteiger partial charge in [-0.05, 0) is 23.8 Å². The van der Waals surface area contributed by atoms with E-state index in [2.05, 4.69) is 0 Å². The fraction of sp³-hybridized carbons (Fsp3) is 0. The zero-order valence-corrected chi connectivity index (χ0v) is 10.4. The molecule has 2 aromatic carbocycles. The standard InChI is InChI=1S/C15H11NOS/c16-11-6-7-14-12(8-11)13(17)9-15(18-14)10-4-2-1-3-5-10/h1-9H,16H2. The molecule has 0 amide bonds. The molecule has 0 aliphatic rings. The molecular weight excluding hydrogens is 242 g/mol. The summed E-state index contributed by atoms with van der Waals surface area (Å²) < 4.78 is 0.968. The Bertz CT molecular complexity index is 762. The summed E-state index contributed by atoms with van der Waals surface area (Å²) >= 11 is 1.61. The number of nitrogen functional groups attached to an aromatic ring is 1. The number of hydrogen-bond acceptors (Lipinski definition) is 3. The van der Waals surface area contributed by atoms with Gasteiger partial charge in [0.25, 0.3) is 0 Å². The summed E-state index contributed by atoms with van der Waals surface area (Å²) in [7, 11) is 0. The van der Waals surface area contributed by atoms with Crippen molar-refractivity contribution in [3.05, 3.63) is 64.8 Å². The van der Waals surface area contributed by atoms with E-state index in [1.807, 2.05) is 42.5 Å². The van der Waals surface area contributed by atoms with Crippen molar-refractivity contribution in [2.24, 2.45) is 0 Å². The van der Waals surface area contributed by atoms with Crippen molar-refractivity contribution in [3.8, 4) is 10.4 Å². The Morgan fingerprint density at radius 1 is 0.944 bits per heavy atom. The van der Waals surface area contributed by atoms with Crippen LogP contribution in [0, 0.1) is 0 Å². The van der Waals surface area contributed by atoms with Gasteiger partial charge >= 0.3 is 0 Å². The average Bonchev–Trinajstić information content (AvgIpc) is 2.40. The highest BCUT2D eigenvalue weighted by atomic mass is 32.1. The minimum Gasteiger partial charge on any atom is -0.399 e. The Balaban J connectivity index is 2.29. The van der Waals surface area contributed by atoms with Crippen LogP contribution in [0.1, 0.15) is 0 Å². The summed E-state index contributed by atoms with van der Waals surface area (Å²) in [6.07, 6.45) is 0. The van der Waals surface area contributed by atoms with Gasteiger partial charge in [-0.25, -0.2) is 0 Å². The SMILES string of the molecule is Nc1ccc2sc(-c3ccccc3)cc(=O)c2c1. The van der Waals surface area contributed by atoms with Crippen LogP contribution in [0.4, 0.5) is 5.69 Å². The molecule has 0 fully saturated rings. The zero-order chi connectivity index (χ0) is 12.5. The summed E-state index contributed by atoms with van der Waals surface area (Å²) in [5, 5.41) is 0.694. The summed E-state index contributed by atoms with van der Waals surface area (Å²) in [4.78, 5) is 13.1. The van der Waals surface area contributed by atoms with Gasteiger partial charge in [0.1, 0.15) is 0 Å². The highest BCUT2D eigenvalue weighted by Crippen LogP contribution is 2.28. The molecule has 2 N–H and O–H groups in total. The van der Waals surface area contributed by atoms with Gasteiger partial charge in [0.05, 0.1) is 0 Å². The maximum Gasteiger partial charge on any atom is 0.188 e. The second-order valence-corrected chi connectivity index (χ2v) is 5.18. The number of rotatable bonds is 1. The van der Waals surface area contributed by atoms with Crippen molar-refractivity contribution in [3.63, 3.8) is 0 Å². The third-order valence-corrected chi connectivity index (χ3v) is 3.96.